The minimum atomic E-state index is -1.05. The molecule has 0 bridgehead atoms. The molecule has 0 aliphatic carbocycles. The quantitative estimate of drug-likeness (QED) is 0.0566. The van der Waals surface area contributed by atoms with Crippen LogP contribution in [-0.2, 0) is 0 Å². The van der Waals surface area contributed by atoms with E-state index in [9.17, 15) is 33.4 Å². The fourth-order valence-electron chi connectivity index (χ4n) is 8.17. The van der Waals surface area contributed by atoms with Crippen molar-refractivity contribution in [1.29, 1.82) is 0 Å². The number of Topliss-reactive ketones (excluding diaryl/α,β-unsaturated/α-hetero) is 2. The Balaban J connectivity index is 0.000000188. The third kappa shape index (κ3) is 14.8. The van der Waals surface area contributed by atoms with Crippen LogP contribution in [0.4, 0.5) is 8.78 Å². The number of aromatic amines is 1. The van der Waals surface area contributed by atoms with Crippen LogP contribution >= 0.6 is 62.3 Å². The van der Waals surface area contributed by atoms with Crippen LogP contribution in [0, 0.1) is 11.6 Å². The molecule has 0 saturated carbocycles. The van der Waals surface area contributed by atoms with Crippen molar-refractivity contribution >= 4 is 113 Å². The van der Waals surface area contributed by atoms with E-state index >= 15 is 0 Å². The Morgan fingerprint density at radius 2 is 0.952 bits per heavy atom. The van der Waals surface area contributed by atoms with Crippen molar-refractivity contribution in [3.8, 4) is 45.4 Å². The number of aliphatic hydroxyl groups is 2. The molecule has 12 rings (SSSR count). The van der Waals surface area contributed by atoms with E-state index in [2.05, 4.69) is 46.2 Å². The first-order valence-corrected chi connectivity index (χ1v) is 26.2. The van der Waals surface area contributed by atoms with Gasteiger partial charge < -0.3 is 20.8 Å². The molecule has 0 radical (unpaired) electrons. The zero-order chi connectivity index (χ0) is 57.3. The van der Waals surface area contributed by atoms with Gasteiger partial charge in [-0.1, -0.05) is 121 Å². The van der Waals surface area contributed by atoms with Crippen molar-refractivity contribution in [2.45, 2.75) is 7.43 Å². The molecule has 5 N–H and O–H groups in total. The number of carboxylic acid groups (broad SMARTS) is 1. The van der Waals surface area contributed by atoms with Crippen molar-refractivity contribution in [3.63, 3.8) is 0 Å². The van der Waals surface area contributed by atoms with Crippen molar-refractivity contribution in [1.82, 2.24) is 44.7 Å². The van der Waals surface area contributed by atoms with Crippen LogP contribution < -0.4 is 18.9 Å². The smallest absolute Gasteiger partial charge is 0.870 e. The van der Waals surface area contributed by atoms with Crippen LogP contribution in [0.1, 0.15) is 38.5 Å². The minimum absolute atomic E-state index is 0. The van der Waals surface area contributed by atoms with Crippen LogP contribution in [0.5, 0.6) is 0 Å². The first-order chi connectivity index (χ1) is 39.1. The Kier molecular flexibility index (Phi) is 22.9. The molecule has 12 aromatic rings. The molecule has 0 unspecified atom stereocenters. The summed E-state index contributed by atoms with van der Waals surface area (Å²) in [5.41, 5.74) is 7.25. The van der Waals surface area contributed by atoms with Crippen LogP contribution in [0.25, 0.3) is 78.1 Å². The summed E-state index contributed by atoms with van der Waals surface area (Å²) < 4.78 is 29.0. The molecule has 0 aliphatic heterocycles. The van der Waals surface area contributed by atoms with E-state index in [0.717, 1.165) is 45.5 Å². The second-order valence-electron chi connectivity index (χ2n) is 17.2. The largest absolute Gasteiger partial charge is 1.00 e. The number of rotatable bonds is 10. The molecule has 84 heavy (non-hydrogen) atoms. The number of carbonyl (C=O) groups excluding carboxylic acids is 2. The number of H-pyrrole nitrogens is 1. The number of benzene rings is 6. The monoisotopic (exact) mass is 1270 g/mol. The van der Waals surface area contributed by atoms with Gasteiger partial charge in [-0.25, -0.2) is 37.9 Å². The summed E-state index contributed by atoms with van der Waals surface area (Å²) in [6, 6.07) is 46.2. The van der Waals surface area contributed by atoms with Gasteiger partial charge in [-0.05, 0) is 113 Å². The average Bonchev–Trinajstić information content (AvgIpc) is 2.35. The number of aromatic carboxylic acids is 1. The molecule has 0 saturated heterocycles. The molecule has 24 heteroatoms. The Bertz CT molecular complexity index is 4270. The molecular formula is C60H43BrCl4F2LiN9O7. The molecule has 0 spiro atoms. The maximum atomic E-state index is 13.2. The fraction of sp³-hybridized carbons (Fsp3) is 0.0500. The van der Waals surface area contributed by atoms with Crippen molar-refractivity contribution in [2.24, 2.45) is 0 Å². The predicted molar refractivity (Wildman–Crippen MR) is 320 cm³/mol. The number of nitrogens with one attached hydrogen (secondary N) is 1. The second kappa shape index (κ2) is 29.5. The zero-order valence-electron chi connectivity index (χ0n) is 43.0. The molecule has 0 amide bonds. The number of hydrogen-bond donors (Lipinski definition) is 4. The summed E-state index contributed by atoms with van der Waals surface area (Å²) in [5.74, 6) is -1.59. The Morgan fingerprint density at radius 1 is 0.524 bits per heavy atom. The van der Waals surface area contributed by atoms with E-state index in [-0.39, 0.29) is 54.7 Å². The molecule has 0 fully saturated rings. The molecule has 6 aromatic carbocycles. The topological polar surface area (TPSA) is 245 Å². The first-order valence-electron chi connectivity index (χ1n) is 23.9. The molecule has 6 heterocycles. The van der Waals surface area contributed by atoms with E-state index in [0.29, 0.717) is 80.8 Å². The SMILES string of the molecule is C.Fc1ccc(Br)nc1.O=C(CO)c1ccc2c(-c3ccccc3Cl)n[nH]c2c1.O=C(CO)c1ccc2c(-c3ccccc3Cl)nn(-c3ccc(Cl)cn3)c2c1.O=C(O)c1ccc2c(-c3ccccc3Cl)nn(-c3ccc(F)cn3)c2c1.[Li+].[OH-]. The van der Waals surface area contributed by atoms with Gasteiger partial charge in [0.25, 0.3) is 0 Å². The van der Waals surface area contributed by atoms with E-state index in [4.69, 9.17) is 56.6 Å². The van der Waals surface area contributed by atoms with E-state index in [1.54, 1.807) is 83.5 Å². The zero-order valence-corrected chi connectivity index (χ0v) is 47.6. The maximum absolute atomic E-state index is 13.2. The Hall–Kier alpha value is -8.03. The Labute approximate surface area is 517 Å². The molecule has 16 nitrogen and oxygen atoms in total. The van der Waals surface area contributed by atoms with Crippen LogP contribution in [0.3, 0.4) is 0 Å². The van der Waals surface area contributed by atoms with Gasteiger partial charge in [-0.15, -0.1) is 0 Å². The number of aromatic nitrogens is 9. The van der Waals surface area contributed by atoms with Crippen LogP contribution in [-0.4, -0.2) is 96.3 Å². The average molecular weight is 1270 g/mol. The first kappa shape index (κ1) is 65.1. The van der Waals surface area contributed by atoms with Crippen molar-refractivity contribution in [3.05, 3.63) is 235 Å². The summed E-state index contributed by atoms with van der Waals surface area (Å²) in [7, 11) is 0. The summed E-state index contributed by atoms with van der Waals surface area (Å²) in [4.78, 5) is 46.8. The molecule has 420 valence electrons. The number of carbonyl (C=O) groups is 3. The Morgan fingerprint density at radius 3 is 1.38 bits per heavy atom. The predicted octanol–water partition coefficient (Wildman–Crippen LogP) is 11.7. The number of nitrogens with zero attached hydrogens (tertiary/aromatic N) is 8. The van der Waals surface area contributed by atoms with E-state index in [1.807, 2.05) is 54.6 Å². The third-order valence-corrected chi connectivity index (χ3v) is 13.7. The number of halogens is 7. The third-order valence-electron chi connectivity index (χ3n) is 12.0. The van der Waals surface area contributed by atoms with Gasteiger partial charge in [0.1, 0.15) is 46.5 Å². The minimum Gasteiger partial charge on any atom is -0.870 e. The summed E-state index contributed by atoms with van der Waals surface area (Å²) in [6.07, 6.45) is 3.77. The van der Waals surface area contributed by atoms with Gasteiger partial charge >= 0.3 is 24.8 Å². The standard InChI is InChI=1S/C20H13Cl2N3O2.C19H11ClFN3O2.C15H11ClN2O2.C5H3BrFN.CH4.Li.H2O/c21-13-6-8-19(23-10-13)25-17-9-12(18(27)11-26)5-7-15(17)20(24-25)14-3-1-2-4-16(14)22;20-15-4-2-1-3-13(15)18-14-7-5-11(19(25)26)9-16(14)24(23-18)17-8-6-12(21)10-22-17;16-12-4-2-1-3-10(12)15-11-6-5-9(14(20)8-19)7-13(11)17-18-15;6-5-2-1-4(7)3-8-5;;;/h1-10,26H,11H2;1-10H,(H,25,26);1-7,19H,8H2,(H,17,18);1-3H;1H4;;1H2/q;;;;;+1;/p-1. The second-order valence-corrected chi connectivity index (χ2v) is 19.7. The number of hydrogen-bond acceptors (Lipinski definition) is 12. The van der Waals surface area contributed by atoms with Gasteiger partial charge in [0.05, 0.1) is 54.6 Å². The van der Waals surface area contributed by atoms with Gasteiger partial charge in [0.2, 0.25) is 0 Å². The summed E-state index contributed by atoms with van der Waals surface area (Å²) in [5, 5.41) is 48.4. The van der Waals surface area contributed by atoms with Gasteiger partial charge in [-0.3, -0.25) is 14.7 Å². The normalized spacial score (nSPS) is 10.4. The molecule has 6 aromatic heterocycles. The van der Waals surface area contributed by atoms with Crippen LogP contribution in [0.2, 0.25) is 20.1 Å². The molecule has 0 atom stereocenters. The van der Waals surface area contributed by atoms with E-state index < -0.39 is 25.0 Å². The number of fused-ring (bicyclic) bond motifs is 3. The summed E-state index contributed by atoms with van der Waals surface area (Å²) in [6.45, 7) is -1.06. The number of ketones is 2. The van der Waals surface area contributed by atoms with Gasteiger partial charge in [0.15, 0.2) is 23.2 Å². The molecular weight excluding hydrogens is 1230 g/mol. The number of pyridine rings is 3. The van der Waals surface area contributed by atoms with E-state index in [1.165, 1.54) is 41.2 Å². The number of aliphatic hydroxyl groups excluding tert-OH is 2. The van der Waals surface area contributed by atoms with Crippen molar-refractivity contribution in [2.75, 3.05) is 13.2 Å². The maximum Gasteiger partial charge on any atom is 1.00 e. The number of carboxylic acids is 1. The van der Waals surface area contributed by atoms with Crippen LogP contribution in [0.15, 0.2) is 187 Å². The summed E-state index contributed by atoms with van der Waals surface area (Å²) >= 11 is 27.9. The molecule has 0 aliphatic rings. The van der Waals surface area contributed by atoms with Crippen molar-refractivity contribution < 1.29 is 62.8 Å². The van der Waals surface area contributed by atoms with Gasteiger partial charge in [0, 0.05) is 50.2 Å². The van der Waals surface area contributed by atoms with Gasteiger partial charge in [-0.2, -0.15) is 15.3 Å². The fourth-order valence-corrected chi connectivity index (χ4v) is 9.19.